The fourth-order valence-corrected chi connectivity index (χ4v) is 2.33. The number of sulfonamides is 1. The molecule has 102 valence electrons. The van der Waals surface area contributed by atoms with Crippen molar-refractivity contribution in [3.8, 4) is 0 Å². The Kier molecular flexibility index (Phi) is 3.57. The van der Waals surface area contributed by atoms with E-state index >= 15 is 0 Å². The second-order valence-electron chi connectivity index (χ2n) is 4.52. The van der Waals surface area contributed by atoms with Gasteiger partial charge in [0.1, 0.15) is 0 Å². The van der Waals surface area contributed by atoms with Crippen molar-refractivity contribution in [3.63, 3.8) is 0 Å². The molecule has 2 rings (SSSR count). The number of rotatable bonds is 4. The van der Waals surface area contributed by atoms with E-state index in [0.29, 0.717) is 5.89 Å². The van der Waals surface area contributed by atoms with E-state index in [-0.39, 0.29) is 16.8 Å². The van der Waals surface area contributed by atoms with Gasteiger partial charge in [0, 0.05) is 5.92 Å². The molecule has 7 heteroatoms. The molecule has 2 aromatic rings. The molecule has 1 aromatic heterocycles. The maximum Gasteiger partial charge on any atom is 0.329 e. The summed E-state index contributed by atoms with van der Waals surface area (Å²) in [5, 5.41) is 7.42. The molecule has 1 N–H and O–H groups in total. The van der Waals surface area contributed by atoms with Crippen LogP contribution in [0.5, 0.6) is 0 Å². The van der Waals surface area contributed by atoms with Crippen LogP contribution in [0.25, 0.3) is 0 Å². The minimum atomic E-state index is -3.69. The van der Waals surface area contributed by atoms with Crippen molar-refractivity contribution in [2.24, 2.45) is 0 Å². The lowest BCUT2D eigenvalue weighted by atomic mass is 10.2. The topological polar surface area (TPSA) is 85.1 Å². The summed E-state index contributed by atoms with van der Waals surface area (Å²) in [6, 6.07) is 6.38. The molecule has 0 unspecified atom stereocenters. The number of hydrogen-bond donors (Lipinski definition) is 1. The first-order valence-electron chi connectivity index (χ1n) is 5.81. The van der Waals surface area contributed by atoms with Gasteiger partial charge in [-0.15, -0.1) is 5.10 Å². The highest BCUT2D eigenvalue weighted by Crippen LogP contribution is 2.18. The summed E-state index contributed by atoms with van der Waals surface area (Å²) in [6.07, 6.45) is 0. The average molecular weight is 281 g/mol. The van der Waals surface area contributed by atoms with Crippen LogP contribution in [0.1, 0.15) is 31.2 Å². The monoisotopic (exact) mass is 281 g/mol. The van der Waals surface area contributed by atoms with Crippen molar-refractivity contribution in [2.45, 2.75) is 31.6 Å². The zero-order valence-corrected chi connectivity index (χ0v) is 11.7. The van der Waals surface area contributed by atoms with E-state index in [1.165, 1.54) is 12.1 Å². The summed E-state index contributed by atoms with van der Waals surface area (Å²) in [4.78, 5) is 0.155. The third-order valence-corrected chi connectivity index (χ3v) is 3.82. The highest BCUT2D eigenvalue weighted by atomic mass is 32.2. The van der Waals surface area contributed by atoms with Gasteiger partial charge in [0.25, 0.3) is 10.0 Å². The Labute approximate surface area is 111 Å². The lowest BCUT2D eigenvalue weighted by molar-refractivity contribution is 0.483. The largest absolute Gasteiger partial charge is 0.407 e. The van der Waals surface area contributed by atoms with Crippen LogP contribution in [0.3, 0.4) is 0 Å². The van der Waals surface area contributed by atoms with Gasteiger partial charge < -0.3 is 4.42 Å². The molecular formula is C12H15N3O3S. The van der Waals surface area contributed by atoms with E-state index in [9.17, 15) is 8.42 Å². The van der Waals surface area contributed by atoms with E-state index in [4.69, 9.17) is 4.42 Å². The highest BCUT2D eigenvalue weighted by Gasteiger charge is 2.18. The first kappa shape index (κ1) is 13.5. The average Bonchev–Trinajstić information content (AvgIpc) is 2.77. The van der Waals surface area contributed by atoms with Gasteiger partial charge in [-0.1, -0.05) is 36.6 Å². The Morgan fingerprint density at radius 3 is 2.32 bits per heavy atom. The summed E-state index contributed by atoms with van der Waals surface area (Å²) < 4.78 is 31.6. The number of benzene rings is 1. The summed E-state index contributed by atoms with van der Waals surface area (Å²) >= 11 is 0. The summed E-state index contributed by atoms with van der Waals surface area (Å²) in [6.45, 7) is 5.65. The minimum Gasteiger partial charge on any atom is -0.407 e. The Balaban J connectivity index is 2.23. The molecule has 0 saturated carbocycles. The molecule has 0 atom stereocenters. The molecule has 0 amide bonds. The number of anilines is 1. The van der Waals surface area contributed by atoms with Gasteiger partial charge in [-0.3, -0.25) is 0 Å². The maximum absolute atomic E-state index is 12.1. The fourth-order valence-electron chi connectivity index (χ4n) is 1.40. The van der Waals surface area contributed by atoms with E-state index in [0.717, 1.165) is 5.56 Å². The Morgan fingerprint density at radius 2 is 1.79 bits per heavy atom. The van der Waals surface area contributed by atoms with Gasteiger partial charge in [-0.25, -0.2) is 13.1 Å². The molecule has 6 nitrogen and oxygen atoms in total. The molecule has 1 aromatic carbocycles. The van der Waals surface area contributed by atoms with E-state index in [2.05, 4.69) is 14.9 Å². The fraction of sp³-hybridized carbons (Fsp3) is 0.333. The van der Waals surface area contributed by atoms with Gasteiger partial charge in [0.15, 0.2) is 0 Å². The number of hydrogen-bond acceptors (Lipinski definition) is 5. The zero-order valence-electron chi connectivity index (χ0n) is 10.9. The van der Waals surface area contributed by atoms with Crippen LogP contribution in [0.15, 0.2) is 33.6 Å². The molecule has 1 heterocycles. The minimum absolute atomic E-state index is 0.0464. The lowest BCUT2D eigenvalue weighted by Gasteiger charge is -2.04. The second-order valence-corrected chi connectivity index (χ2v) is 6.20. The molecule has 0 bridgehead atoms. The first-order chi connectivity index (χ1) is 8.88. The Bertz CT molecular complexity index is 660. The smallest absolute Gasteiger partial charge is 0.329 e. The van der Waals surface area contributed by atoms with Crippen molar-refractivity contribution >= 4 is 16.0 Å². The quantitative estimate of drug-likeness (QED) is 0.929. The Hall–Kier alpha value is -1.89. The molecule has 0 aliphatic rings. The normalized spacial score (nSPS) is 11.8. The molecule has 0 radical (unpaired) electrons. The van der Waals surface area contributed by atoms with Gasteiger partial charge in [0.05, 0.1) is 4.90 Å². The number of nitrogens with one attached hydrogen (secondary N) is 1. The van der Waals surface area contributed by atoms with Crippen LogP contribution in [0.2, 0.25) is 0 Å². The third-order valence-electron chi connectivity index (χ3n) is 2.49. The predicted molar refractivity (Wildman–Crippen MR) is 70.4 cm³/mol. The molecule has 0 saturated heterocycles. The van der Waals surface area contributed by atoms with Crippen LogP contribution < -0.4 is 4.72 Å². The van der Waals surface area contributed by atoms with Crippen LogP contribution in [0.4, 0.5) is 6.01 Å². The standard InChI is InChI=1S/C12H15N3O3S/c1-8(2)11-13-14-12(18-11)15-19(16,17)10-6-4-9(3)5-7-10/h4-8H,1-3H3,(H,14,15). The summed E-state index contributed by atoms with van der Waals surface area (Å²) in [7, 11) is -3.69. The van der Waals surface area contributed by atoms with Crippen molar-refractivity contribution < 1.29 is 12.8 Å². The molecular weight excluding hydrogens is 266 g/mol. The molecule has 0 spiro atoms. The van der Waals surface area contributed by atoms with Crippen LogP contribution in [-0.2, 0) is 10.0 Å². The highest BCUT2D eigenvalue weighted by molar-refractivity contribution is 7.92. The van der Waals surface area contributed by atoms with E-state index in [1.807, 2.05) is 20.8 Å². The van der Waals surface area contributed by atoms with Gasteiger partial charge in [-0.2, -0.15) is 0 Å². The SMILES string of the molecule is Cc1ccc(S(=O)(=O)Nc2nnc(C(C)C)o2)cc1. The predicted octanol–water partition coefficient (Wildman–Crippen LogP) is 2.30. The van der Waals surface area contributed by atoms with Gasteiger partial charge >= 0.3 is 6.01 Å². The molecule has 19 heavy (non-hydrogen) atoms. The van der Waals surface area contributed by atoms with Crippen LogP contribution in [-0.4, -0.2) is 18.6 Å². The van der Waals surface area contributed by atoms with Crippen molar-refractivity contribution in [3.05, 3.63) is 35.7 Å². The Morgan fingerprint density at radius 1 is 1.16 bits per heavy atom. The molecule has 0 aliphatic heterocycles. The van der Waals surface area contributed by atoms with Gasteiger partial charge in [-0.05, 0) is 19.1 Å². The van der Waals surface area contributed by atoms with Crippen LogP contribution >= 0.6 is 0 Å². The zero-order chi connectivity index (χ0) is 14.0. The summed E-state index contributed by atoms with van der Waals surface area (Å²) in [5.41, 5.74) is 0.985. The maximum atomic E-state index is 12.1. The second kappa shape index (κ2) is 5.00. The number of aryl methyl sites for hydroxylation is 1. The van der Waals surface area contributed by atoms with Crippen molar-refractivity contribution in [1.82, 2.24) is 10.2 Å². The first-order valence-corrected chi connectivity index (χ1v) is 7.29. The lowest BCUT2D eigenvalue weighted by Crippen LogP contribution is -2.13. The molecule has 0 fully saturated rings. The van der Waals surface area contributed by atoms with Crippen LogP contribution in [0, 0.1) is 6.92 Å². The van der Waals surface area contributed by atoms with Crippen molar-refractivity contribution in [2.75, 3.05) is 4.72 Å². The number of aromatic nitrogens is 2. The summed E-state index contributed by atoms with van der Waals surface area (Å²) in [5.74, 6) is 0.437. The van der Waals surface area contributed by atoms with Gasteiger partial charge in [0.2, 0.25) is 5.89 Å². The van der Waals surface area contributed by atoms with Crippen molar-refractivity contribution in [1.29, 1.82) is 0 Å². The molecule has 0 aliphatic carbocycles. The van der Waals surface area contributed by atoms with E-state index in [1.54, 1.807) is 12.1 Å². The number of nitrogens with zero attached hydrogens (tertiary/aromatic N) is 2. The third kappa shape index (κ3) is 3.11. The van der Waals surface area contributed by atoms with E-state index < -0.39 is 10.0 Å².